The number of benzene rings is 2. The molecular weight excluding hydrogens is 480 g/mol. The summed E-state index contributed by atoms with van der Waals surface area (Å²) in [7, 11) is -3.86. The summed E-state index contributed by atoms with van der Waals surface area (Å²) in [6.45, 7) is 0.911. The highest BCUT2D eigenvalue weighted by atomic mass is 35.5. The Morgan fingerprint density at radius 1 is 1.12 bits per heavy atom. The zero-order chi connectivity index (χ0) is 22.9. The Balaban J connectivity index is 1.55. The lowest BCUT2D eigenvalue weighted by Crippen LogP contribution is -2.28. The van der Waals surface area contributed by atoms with Crippen LogP contribution < -0.4 is 5.32 Å². The average molecular weight is 498 g/mol. The van der Waals surface area contributed by atoms with Crippen molar-refractivity contribution in [2.24, 2.45) is 0 Å². The molecule has 12 heteroatoms. The maximum Gasteiger partial charge on any atom is 0.259 e. The smallest absolute Gasteiger partial charge is 0.259 e. The van der Waals surface area contributed by atoms with Gasteiger partial charge in [-0.15, -0.1) is 5.10 Å². The molecule has 1 aromatic heterocycles. The van der Waals surface area contributed by atoms with Gasteiger partial charge in [0.1, 0.15) is 17.0 Å². The van der Waals surface area contributed by atoms with E-state index in [1.807, 2.05) is 0 Å². The van der Waals surface area contributed by atoms with Crippen molar-refractivity contribution >= 4 is 45.1 Å². The molecule has 1 saturated heterocycles. The molecule has 0 unspecified atom stereocenters. The number of rotatable bonds is 6. The van der Waals surface area contributed by atoms with E-state index in [1.165, 1.54) is 27.4 Å². The number of sulfonamides is 1. The monoisotopic (exact) mass is 497 g/mol. The van der Waals surface area contributed by atoms with Crippen molar-refractivity contribution in [1.29, 1.82) is 0 Å². The van der Waals surface area contributed by atoms with E-state index in [1.54, 1.807) is 18.2 Å². The fourth-order valence-corrected chi connectivity index (χ4v) is 5.72. The highest BCUT2D eigenvalue weighted by Crippen LogP contribution is 2.32. The van der Waals surface area contributed by atoms with Crippen LogP contribution in [0.3, 0.4) is 0 Å². The van der Waals surface area contributed by atoms with E-state index in [-0.39, 0.29) is 38.8 Å². The molecule has 32 heavy (non-hydrogen) atoms. The van der Waals surface area contributed by atoms with Crippen molar-refractivity contribution in [3.05, 3.63) is 69.7 Å². The molecule has 4 rings (SSSR count). The molecule has 0 radical (unpaired) electrons. The molecule has 168 valence electrons. The Hall–Kier alpha value is -2.53. The molecule has 0 aliphatic carbocycles. The Kier molecular flexibility index (Phi) is 6.47. The zero-order valence-electron chi connectivity index (χ0n) is 16.6. The number of carbonyl (C=O) groups is 1. The first kappa shape index (κ1) is 22.7. The second-order valence-electron chi connectivity index (χ2n) is 7.18. The Morgan fingerprint density at radius 3 is 2.56 bits per heavy atom. The molecule has 0 atom stereocenters. The molecule has 1 aliphatic heterocycles. The van der Waals surface area contributed by atoms with Crippen LogP contribution >= 0.6 is 23.2 Å². The Bertz CT molecular complexity index is 1280. The standard InChI is InChI=1S/C20H18Cl2FN5O3S/c21-15-10-16(22)18(32(30,31)28-7-3-4-8-28)9-14(15)19(29)25-20-24-12-27(26-20)11-13-5-1-2-6-17(13)23/h1-2,5-6,9-10,12H,3-4,7-8,11H2,(H,25,26,29). The van der Waals surface area contributed by atoms with Crippen molar-refractivity contribution in [2.45, 2.75) is 24.3 Å². The topological polar surface area (TPSA) is 97.2 Å². The highest BCUT2D eigenvalue weighted by Gasteiger charge is 2.30. The number of hydrogen-bond donors (Lipinski definition) is 1. The van der Waals surface area contributed by atoms with Gasteiger partial charge in [0.05, 0.1) is 22.2 Å². The van der Waals surface area contributed by atoms with Gasteiger partial charge in [0.25, 0.3) is 5.91 Å². The summed E-state index contributed by atoms with van der Waals surface area (Å²) in [5.41, 5.74) is 0.326. The zero-order valence-corrected chi connectivity index (χ0v) is 19.0. The lowest BCUT2D eigenvalue weighted by Gasteiger charge is -2.17. The molecular formula is C20H18Cl2FN5O3S. The first-order valence-corrected chi connectivity index (χ1v) is 11.9. The Labute approximate surface area is 194 Å². The first-order chi connectivity index (χ1) is 15.3. The third-order valence-electron chi connectivity index (χ3n) is 5.00. The van der Waals surface area contributed by atoms with Gasteiger partial charge in [-0.2, -0.15) is 4.31 Å². The second kappa shape index (κ2) is 9.14. The number of aromatic nitrogens is 3. The third kappa shape index (κ3) is 4.63. The normalized spacial score (nSPS) is 14.6. The van der Waals surface area contributed by atoms with Gasteiger partial charge in [-0.05, 0) is 31.0 Å². The number of nitrogens with zero attached hydrogens (tertiary/aromatic N) is 4. The van der Waals surface area contributed by atoms with Crippen LogP contribution in [-0.2, 0) is 16.6 Å². The van der Waals surface area contributed by atoms with E-state index in [0.717, 1.165) is 18.9 Å². The molecule has 0 spiro atoms. The summed E-state index contributed by atoms with van der Waals surface area (Å²) in [5, 5.41) is 6.50. The predicted octanol–water partition coefficient (Wildman–Crippen LogP) is 3.81. The van der Waals surface area contributed by atoms with E-state index in [2.05, 4.69) is 15.4 Å². The molecule has 3 aromatic rings. The minimum atomic E-state index is -3.86. The van der Waals surface area contributed by atoms with Crippen molar-refractivity contribution in [3.8, 4) is 0 Å². The maximum atomic E-state index is 13.8. The summed E-state index contributed by atoms with van der Waals surface area (Å²) in [6, 6.07) is 8.62. The van der Waals surface area contributed by atoms with Crippen molar-refractivity contribution in [1.82, 2.24) is 19.1 Å². The van der Waals surface area contributed by atoms with E-state index in [4.69, 9.17) is 23.2 Å². The van der Waals surface area contributed by atoms with Crippen LogP contribution in [0.1, 0.15) is 28.8 Å². The van der Waals surface area contributed by atoms with Gasteiger partial charge in [-0.1, -0.05) is 41.4 Å². The molecule has 0 saturated carbocycles. The minimum Gasteiger partial charge on any atom is -0.289 e. The molecule has 2 aromatic carbocycles. The van der Waals surface area contributed by atoms with Crippen LogP contribution in [0, 0.1) is 5.82 Å². The van der Waals surface area contributed by atoms with E-state index >= 15 is 0 Å². The number of amides is 1. The first-order valence-electron chi connectivity index (χ1n) is 9.69. The number of halogens is 3. The molecule has 8 nitrogen and oxygen atoms in total. The summed E-state index contributed by atoms with van der Waals surface area (Å²) >= 11 is 12.3. The van der Waals surface area contributed by atoms with Crippen LogP contribution in [0.5, 0.6) is 0 Å². The fraction of sp³-hybridized carbons (Fsp3) is 0.250. The van der Waals surface area contributed by atoms with E-state index in [9.17, 15) is 17.6 Å². The van der Waals surface area contributed by atoms with Gasteiger partial charge in [0.15, 0.2) is 0 Å². The van der Waals surface area contributed by atoms with E-state index in [0.29, 0.717) is 18.7 Å². The third-order valence-corrected chi connectivity index (χ3v) is 7.68. The Morgan fingerprint density at radius 2 is 1.84 bits per heavy atom. The summed E-state index contributed by atoms with van der Waals surface area (Å²) in [5.74, 6) is -1.12. The van der Waals surface area contributed by atoms with Gasteiger partial charge in [-0.3, -0.25) is 10.1 Å². The molecule has 1 amide bonds. The number of anilines is 1. The molecule has 0 bridgehead atoms. The number of nitrogens with one attached hydrogen (secondary N) is 1. The lowest BCUT2D eigenvalue weighted by molar-refractivity contribution is 0.102. The quantitative estimate of drug-likeness (QED) is 0.558. The lowest BCUT2D eigenvalue weighted by atomic mass is 10.2. The molecule has 1 N–H and O–H groups in total. The summed E-state index contributed by atoms with van der Waals surface area (Å²) in [6.07, 6.45) is 2.87. The molecule has 2 heterocycles. The van der Waals surface area contributed by atoms with E-state index < -0.39 is 15.9 Å². The largest absolute Gasteiger partial charge is 0.289 e. The van der Waals surface area contributed by atoms with Gasteiger partial charge < -0.3 is 0 Å². The number of hydrogen-bond acceptors (Lipinski definition) is 5. The minimum absolute atomic E-state index is 0.0151. The van der Waals surface area contributed by atoms with Crippen LogP contribution in [0.25, 0.3) is 0 Å². The van der Waals surface area contributed by atoms with Gasteiger partial charge >= 0.3 is 0 Å². The van der Waals surface area contributed by atoms with Crippen molar-refractivity contribution in [3.63, 3.8) is 0 Å². The van der Waals surface area contributed by atoms with Crippen LogP contribution in [0.4, 0.5) is 10.3 Å². The highest BCUT2D eigenvalue weighted by molar-refractivity contribution is 7.89. The summed E-state index contributed by atoms with van der Waals surface area (Å²) in [4.78, 5) is 16.6. The fourth-order valence-electron chi connectivity index (χ4n) is 3.37. The maximum absolute atomic E-state index is 13.8. The molecule has 1 aliphatic rings. The van der Waals surface area contributed by atoms with Crippen molar-refractivity contribution in [2.75, 3.05) is 18.4 Å². The number of carbonyl (C=O) groups excluding carboxylic acids is 1. The van der Waals surface area contributed by atoms with Crippen LogP contribution in [0.2, 0.25) is 10.0 Å². The molecule has 1 fully saturated rings. The second-order valence-corrected chi connectivity index (χ2v) is 9.91. The average Bonchev–Trinajstić information content (AvgIpc) is 3.42. The predicted molar refractivity (Wildman–Crippen MR) is 118 cm³/mol. The van der Waals surface area contributed by atoms with Gasteiger partial charge in [0, 0.05) is 18.7 Å². The van der Waals surface area contributed by atoms with Gasteiger partial charge in [0.2, 0.25) is 16.0 Å². The SMILES string of the molecule is O=C(Nc1ncn(Cc2ccccc2F)n1)c1cc(S(=O)(=O)N2CCCC2)c(Cl)cc1Cl. The van der Waals surface area contributed by atoms with Crippen LogP contribution in [0.15, 0.2) is 47.6 Å². The van der Waals surface area contributed by atoms with Crippen LogP contribution in [-0.4, -0.2) is 46.5 Å². The van der Waals surface area contributed by atoms with Gasteiger partial charge in [-0.25, -0.2) is 22.5 Å². The summed E-state index contributed by atoms with van der Waals surface area (Å²) < 4.78 is 42.3. The van der Waals surface area contributed by atoms with Crippen molar-refractivity contribution < 1.29 is 17.6 Å².